The van der Waals surface area contributed by atoms with Crippen molar-refractivity contribution in [3.05, 3.63) is 76.6 Å². The molecule has 1 amide bonds. The maximum atomic E-state index is 8.58. The predicted octanol–water partition coefficient (Wildman–Crippen LogP) is 5.96. The summed E-state index contributed by atoms with van der Waals surface area (Å²) in [4.78, 5) is 12.8. The lowest BCUT2D eigenvalue weighted by Crippen LogP contribution is -2.28. The highest BCUT2D eigenvalue weighted by Gasteiger charge is 2.26. The molecule has 3 N–H and O–H groups in total. The Hall–Kier alpha value is -2.72. The summed E-state index contributed by atoms with van der Waals surface area (Å²) in [5.41, 5.74) is 14.6. The molecule has 33 heavy (non-hydrogen) atoms. The molecule has 4 heteroatoms. The minimum atomic E-state index is 0.250. The van der Waals surface area contributed by atoms with Crippen molar-refractivity contribution in [1.29, 1.82) is 0 Å². The summed E-state index contributed by atoms with van der Waals surface area (Å²) in [6.45, 7) is 10.3. The van der Waals surface area contributed by atoms with Crippen molar-refractivity contribution in [1.82, 2.24) is 10.3 Å². The first kappa shape index (κ1) is 26.5. The molecule has 2 heterocycles. The van der Waals surface area contributed by atoms with E-state index in [0.29, 0.717) is 0 Å². The Morgan fingerprint density at radius 3 is 2.24 bits per heavy atom. The van der Waals surface area contributed by atoms with E-state index in [2.05, 4.69) is 52.4 Å². The third-order valence-corrected chi connectivity index (χ3v) is 6.34. The molecule has 178 valence electrons. The minimum absolute atomic E-state index is 0.250. The van der Waals surface area contributed by atoms with Gasteiger partial charge in [-0.3, -0.25) is 9.78 Å². The van der Waals surface area contributed by atoms with Gasteiger partial charge < -0.3 is 11.1 Å². The van der Waals surface area contributed by atoms with E-state index in [-0.39, 0.29) is 6.41 Å². The molecule has 1 saturated heterocycles. The van der Waals surface area contributed by atoms with E-state index in [1.807, 2.05) is 40.1 Å². The lowest BCUT2D eigenvalue weighted by Gasteiger charge is -2.24. The fourth-order valence-electron chi connectivity index (χ4n) is 4.89. The summed E-state index contributed by atoms with van der Waals surface area (Å²) in [6, 6.07) is 11.5. The maximum absolute atomic E-state index is 8.58. The number of aromatic nitrogens is 1. The van der Waals surface area contributed by atoms with Crippen LogP contribution in [0.1, 0.15) is 75.6 Å². The number of nitrogens with zero attached hydrogens (tertiary/aromatic N) is 1. The second-order valence-corrected chi connectivity index (χ2v) is 8.02. The number of carbonyl (C=O) groups is 1. The Bertz CT molecular complexity index is 925. The summed E-state index contributed by atoms with van der Waals surface area (Å²) in [6.07, 6.45) is 14.1. The fourth-order valence-corrected chi connectivity index (χ4v) is 4.89. The zero-order chi connectivity index (χ0) is 24.1. The molecule has 2 aromatic rings. The highest BCUT2D eigenvalue weighted by Crippen LogP contribution is 2.43. The number of benzene rings is 1. The number of amides is 1. The number of rotatable bonds is 3. The van der Waals surface area contributed by atoms with Crippen LogP contribution >= 0.6 is 0 Å². The Balaban J connectivity index is 0.000000501. The highest BCUT2D eigenvalue weighted by atomic mass is 16.1. The van der Waals surface area contributed by atoms with Crippen LogP contribution in [-0.2, 0) is 17.6 Å². The Morgan fingerprint density at radius 1 is 0.939 bits per heavy atom. The first-order chi connectivity index (χ1) is 16.3. The van der Waals surface area contributed by atoms with Gasteiger partial charge in [-0.2, -0.15) is 0 Å². The van der Waals surface area contributed by atoms with Crippen LogP contribution in [0.4, 0.5) is 0 Å². The molecule has 1 aromatic heterocycles. The molecule has 0 unspecified atom stereocenters. The Morgan fingerprint density at radius 2 is 1.58 bits per heavy atom. The molecule has 5 rings (SSSR count). The second kappa shape index (κ2) is 14.4. The van der Waals surface area contributed by atoms with Gasteiger partial charge in [0.15, 0.2) is 0 Å². The van der Waals surface area contributed by atoms with Crippen molar-refractivity contribution in [2.45, 2.75) is 66.2 Å². The molecule has 0 spiro atoms. The number of hydrogen-bond acceptors (Lipinski definition) is 3. The van der Waals surface area contributed by atoms with E-state index in [9.17, 15) is 0 Å². The van der Waals surface area contributed by atoms with Crippen molar-refractivity contribution in [2.24, 2.45) is 11.7 Å². The Labute approximate surface area is 200 Å². The Kier molecular flexibility index (Phi) is 11.6. The van der Waals surface area contributed by atoms with Crippen LogP contribution in [0.15, 0.2) is 54.4 Å². The number of carbonyl (C=O) groups excluding carboxylic acids is 1. The van der Waals surface area contributed by atoms with Gasteiger partial charge in [0, 0.05) is 12.4 Å². The number of aryl methyl sites for hydroxylation is 2. The fraction of sp³-hybridized carbons (Fsp3) is 0.448. The average molecular weight is 448 g/mol. The molecule has 4 nitrogen and oxygen atoms in total. The summed E-state index contributed by atoms with van der Waals surface area (Å²) in [7, 11) is 0. The monoisotopic (exact) mass is 447 g/mol. The predicted molar refractivity (Wildman–Crippen MR) is 141 cm³/mol. The van der Waals surface area contributed by atoms with Crippen LogP contribution in [-0.4, -0.2) is 24.5 Å². The largest absolute Gasteiger partial charge is 0.372 e. The van der Waals surface area contributed by atoms with E-state index in [1.54, 1.807) is 16.7 Å². The van der Waals surface area contributed by atoms with Crippen molar-refractivity contribution < 1.29 is 4.79 Å². The SMILES string of the molecule is C1=C(C2CCNCC2)CC(c2ccncc2)=C1c1ccc2c(c1)CCC2.CC.CC.NC=O. The molecule has 3 aliphatic rings. The van der Waals surface area contributed by atoms with Crippen molar-refractivity contribution in [2.75, 3.05) is 13.1 Å². The molecule has 0 radical (unpaired) electrons. The molecule has 0 saturated carbocycles. The number of piperidine rings is 1. The molecule has 1 aliphatic heterocycles. The van der Waals surface area contributed by atoms with Crippen LogP contribution in [0, 0.1) is 5.92 Å². The summed E-state index contributed by atoms with van der Waals surface area (Å²) >= 11 is 0. The minimum Gasteiger partial charge on any atom is -0.372 e. The quantitative estimate of drug-likeness (QED) is 0.570. The lowest BCUT2D eigenvalue weighted by atomic mass is 9.88. The summed E-state index contributed by atoms with van der Waals surface area (Å²) in [5.74, 6) is 0.736. The highest BCUT2D eigenvalue weighted by molar-refractivity contribution is 5.99. The van der Waals surface area contributed by atoms with Gasteiger partial charge in [-0.05, 0) is 103 Å². The topological polar surface area (TPSA) is 68.0 Å². The van der Waals surface area contributed by atoms with E-state index in [4.69, 9.17) is 4.79 Å². The number of primary amides is 1. The van der Waals surface area contributed by atoms with E-state index in [0.717, 1.165) is 25.4 Å². The third kappa shape index (κ3) is 6.88. The standard InChI is InChI=1S/C24H26N2.2C2H6.CH3NO/c1-2-17-4-5-21(14-20(17)3-1)24-16-22(18-6-10-25-11-7-18)15-23(24)19-8-12-26-13-9-19;2*1-2;2-1-3/h4-5,8-9,12-14,16,18,25H,1-3,6-7,10-11,15H2;2*1-2H3;1H,(H2,2,3). The van der Waals surface area contributed by atoms with E-state index >= 15 is 0 Å². The zero-order valence-electron chi connectivity index (χ0n) is 20.9. The normalized spacial score (nSPS) is 16.8. The number of allylic oxidation sites excluding steroid dienone is 4. The van der Waals surface area contributed by atoms with Gasteiger partial charge in [-0.25, -0.2) is 0 Å². The first-order valence-electron chi connectivity index (χ1n) is 12.6. The maximum Gasteiger partial charge on any atom is 0.204 e. The van der Waals surface area contributed by atoms with Crippen molar-refractivity contribution >= 4 is 17.6 Å². The molecular weight excluding hydrogens is 406 g/mol. The lowest BCUT2D eigenvalue weighted by molar-refractivity contribution is -0.106. The van der Waals surface area contributed by atoms with Gasteiger partial charge in [0.2, 0.25) is 6.41 Å². The smallest absolute Gasteiger partial charge is 0.204 e. The van der Waals surface area contributed by atoms with Gasteiger partial charge in [-0.1, -0.05) is 57.5 Å². The number of fused-ring (bicyclic) bond motifs is 1. The molecule has 0 atom stereocenters. The van der Waals surface area contributed by atoms with Crippen LogP contribution in [0.2, 0.25) is 0 Å². The molecule has 0 bridgehead atoms. The van der Waals surface area contributed by atoms with Crippen LogP contribution in [0.5, 0.6) is 0 Å². The number of pyridine rings is 1. The molecule has 2 aliphatic carbocycles. The number of nitrogens with two attached hydrogens (primary N) is 1. The van der Waals surface area contributed by atoms with Crippen LogP contribution in [0.25, 0.3) is 11.1 Å². The summed E-state index contributed by atoms with van der Waals surface area (Å²) < 4.78 is 0. The summed E-state index contributed by atoms with van der Waals surface area (Å²) in [5, 5.41) is 3.50. The number of nitrogens with one attached hydrogen (secondary N) is 1. The van der Waals surface area contributed by atoms with Gasteiger partial charge in [0.25, 0.3) is 0 Å². The molecular formula is C29H41N3O. The van der Waals surface area contributed by atoms with E-state index in [1.165, 1.54) is 54.4 Å². The van der Waals surface area contributed by atoms with Crippen molar-refractivity contribution in [3.63, 3.8) is 0 Å². The first-order valence-corrected chi connectivity index (χ1v) is 12.6. The zero-order valence-corrected chi connectivity index (χ0v) is 20.9. The second-order valence-electron chi connectivity index (χ2n) is 8.02. The van der Waals surface area contributed by atoms with Gasteiger partial charge >= 0.3 is 0 Å². The van der Waals surface area contributed by atoms with E-state index < -0.39 is 0 Å². The third-order valence-electron chi connectivity index (χ3n) is 6.34. The average Bonchev–Trinajstić information content (AvgIpc) is 3.55. The van der Waals surface area contributed by atoms with Crippen molar-refractivity contribution in [3.8, 4) is 0 Å². The van der Waals surface area contributed by atoms with Gasteiger partial charge in [-0.15, -0.1) is 0 Å². The molecule has 1 fully saturated rings. The van der Waals surface area contributed by atoms with Crippen LogP contribution < -0.4 is 11.1 Å². The molecule has 1 aromatic carbocycles. The van der Waals surface area contributed by atoms with Crippen LogP contribution in [0.3, 0.4) is 0 Å². The van der Waals surface area contributed by atoms with Gasteiger partial charge in [0.1, 0.15) is 0 Å². The van der Waals surface area contributed by atoms with Gasteiger partial charge in [0.05, 0.1) is 0 Å². The number of hydrogen-bond donors (Lipinski definition) is 2.